The SMILES string of the molecule is CC.[B]N(C)CC(C)CC. The summed E-state index contributed by atoms with van der Waals surface area (Å²) in [5.41, 5.74) is 0. The smallest absolute Gasteiger partial charge is 0.182 e. The van der Waals surface area contributed by atoms with E-state index in [0.717, 1.165) is 12.5 Å². The van der Waals surface area contributed by atoms with Gasteiger partial charge in [0, 0.05) is 0 Å². The zero-order valence-electron chi connectivity index (χ0n) is 8.02. The van der Waals surface area contributed by atoms with Crippen LogP contribution in [0.5, 0.6) is 0 Å². The molecule has 1 atom stereocenters. The van der Waals surface area contributed by atoms with Crippen LogP contribution in [0.15, 0.2) is 0 Å². The van der Waals surface area contributed by atoms with E-state index in [2.05, 4.69) is 13.8 Å². The van der Waals surface area contributed by atoms with Crippen molar-refractivity contribution in [1.29, 1.82) is 0 Å². The van der Waals surface area contributed by atoms with Crippen LogP contribution >= 0.6 is 0 Å². The van der Waals surface area contributed by atoms with Crippen LogP contribution in [0.1, 0.15) is 34.1 Å². The number of nitrogens with zero attached hydrogens (tertiary/aromatic N) is 1. The Hall–Kier alpha value is 0.0249. The molecule has 0 saturated carbocycles. The fourth-order valence-corrected chi connectivity index (χ4v) is 0.621. The van der Waals surface area contributed by atoms with Crippen molar-refractivity contribution in [3.8, 4) is 0 Å². The molecular weight excluding hydrogens is 121 g/mol. The third kappa shape index (κ3) is 10.9. The third-order valence-electron chi connectivity index (χ3n) is 1.30. The van der Waals surface area contributed by atoms with Crippen molar-refractivity contribution in [2.75, 3.05) is 13.6 Å². The zero-order chi connectivity index (χ0) is 8.57. The molecule has 0 rings (SSSR count). The highest BCUT2D eigenvalue weighted by molar-refractivity contribution is 6.04. The Balaban J connectivity index is 0. The number of rotatable bonds is 3. The van der Waals surface area contributed by atoms with Crippen LogP contribution in [0.25, 0.3) is 0 Å². The van der Waals surface area contributed by atoms with Crippen molar-refractivity contribution in [2.24, 2.45) is 5.92 Å². The van der Waals surface area contributed by atoms with Gasteiger partial charge in [0.25, 0.3) is 0 Å². The van der Waals surface area contributed by atoms with Gasteiger partial charge in [0.05, 0.1) is 0 Å². The summed E-state index contributed by atoms with van der Waals surface area (Å²) in [5.74, 6) is 0.727. The first kappa shape index (κ1) is 12.7. The van der Waals surface area contributed by atoms with Crippen LogP contribution in [0.4, 0.5) is 0 Å². The predicted octanol–water partition coefficient (Wildman–Crippen LogP) is 2.07. The molecule has 1 unspecified atom stereocenters. The van der Waals surface area contributed by atoms with Crippen molar-refractivity contribution in [2.45, 2.75) is 34.1 Å². The fourth-order valence-electron chi connectivity index (χ4n) is 0.621. The number of hydrogen-bond donors (Lipinski definition) is 0. The summed E-state index contributed by atoms with van der Waals surface area (Å²) in [5, 5.41) is 0. The summed E-state index contributed by atoms with van der Waals surface area (Å²) in [4.78, 5) is 1.73. The molecule has 0 heterocycles. The molecule has 0 aliphatic rings. The molecule has 0 aliphatic carbocycles. The van der Waals surface area contributed by atoms with E-state index in [1.807, 2.05) is 20.9 Å². The normalized spacial score (nSPS) is 12.2. The quantitative estimate of drug-likeness (QED) is 0.544. The van der Waals surface area contributed by atoms with Gasteiger partial charge in [-0.3, -0.25) is 0 Å². The second-order valence-electron chi connectivity index (χ2n) is 2.45. The Kier molecular flexibility index (Phi) is 11.4. The molecule has 0 aromatic heterocycles. The minimum atomic E-state index is 0.727. The lowest BCUT2D eigenvalue weighted by molar-refractivity contribution is 0.418. The lowest BCUT2D eigenvalue weighted by Crippen LogP contribution is -2.20. The maximum absolute atomic E-state index is 5.40. The summed E-state index contributed by atoms with van der Waals surface area (Å²) in [6, 6.07) is 0. The Morgan fingerprint density at radius 1 is 1.40 bits per heavy atom. The van der Waals surface area contributed by atoms with Gasteiger partial charge in [0.1, 0.15) is 0 Å². The van der Waals surface area contributed by atoms with Crippen LogP contribution in [-0.2, 0) is 0 Å². The van der Waals surface area contributed by atoms with Crippen molar-refractivity contribution in [1.82, 2.24) is 4.81 Å². The Morgan fingerprint density at radius 3 is 1.90 bits per heavy atom. The maximum atomic E-state index is 5.40. The van der Waals surface area contributed by atoms with Gasteiger partial charge in [-0.2, -0.15) is 0 Å². The van der Waals surface area contributed by atoms with Gasteiger partial charge in [-0.1, -0.05) is 34.1 Å². The molecular formula is C8H20BN. The molecule has 0 aromatic rings. The second kappa shape index (κ2) is 9.02. The predicted molar refractivity (Wildman–Crippen MR) is 49.2 cm³/mol. The van der Waals surface area contributed by atoms with Crippen molar-refractivity contribution < 1.29 is 0 Å². The minimum absolute atomic E-state index is 0.727. The van der Waals surface area contributed by atoms with E-state index in [4.69, 9.17) is 7.98 Å². The van der Waals surface area contributed by atoms with E-state index in [-0.39, 0.29) is 0 Å². The molecule has 2 heteroatoms. The van der Waals surface area contributed by atoms with Gasteiger partial charge in [0.2, 0.25) is 0 Å². The van der Waals surface area contributed by atoms with Crippen LogP contribution in [0.2, 0.25) is 0 Å². The average molecular weight is 141 g/mol. The fraction of sp³-hybridized carbons (Fsp3) is 1.00. The van der Waals surface area contributed by atoms with Gasteiger partial charge in [0.15, 0.2) is 7.98 Å². The molecule has 0 aromatic carbocycles. The van der Waals surface area contributed by atoms with E-state index in [1.165, 1.54) is 6.42 Å². The van der Waals surface area contributed by atoms with E-state index >= 15 is 0 Å². The lowest BCUT2D eigenvalue weighted by atomic mass is 10.1. The van der Waals surface area contributed by atoms with Crippen LogP contribution in [0.3, 0.4) is 0 Å². The summed E-state index contributed by atoms with van der Waals surface area (Å²) in [7, 11) is 7.30. The molecule has 0 bridgehead atoms. The lowest BCUT2D eigenvalue weighted by Gasteiger charge is -2.14. The average Bonchev–Trinajstić information content (AvgIpc) is 1.91. The van der Waals surface area contributed by atoms with Crippen LogP contribution in [-0.4, -0.2) is 26.4 Å². The van der Waals surface area contributed by atoms with E-state index in [0.29, 0.717) is 0 Å². The molecule has 0 amide bonds. The Morgan fingerprint density at radius 2 is 1.80 bits per heavy atom. The molecule has 10 heavy (non-hydrogen) atoms. The topological polar surface area (TPSA) is 3.24 Å². The monoisotopic (exact) mass is 141 g/mol. The van der Waals surface area contributed by atoms with Gasteiger partial charge in [-0.05, 0) is 19.5 Å². The van der Waals surface area contributed by atoms with E-state index < -0.39 is 0 Å². The van der Waals surface area contributed by atoms with Crippen LogP contribution < -0.4 is 0 Å². The molecule has 0 fully saturated rings. The van der Waals surface area contributed by atoms with Crippen molar-refractivity contribution >= 4 is 7.98 Å². The first-order chi connectivity index (χ1) is 4.66. The summed E-state index contributed by atoms with van der Waals surface area (Å²) in [6.07, 6.45) is 1.21. The van der Waals surface area contributed by atoms with Gasteiger partial charge < -0.3 is 4.81 Å². The van der Waals surface area contributed by atoms with Crippen molar-refractivity contribution in [3.63, 3.8) is 0 Å². The summed E-state index contributed by atoms with van der Waals surface area (Å²) >= 11 is 0. The standard InChI is InChI=1S/C6H14BN.C2H6/c1-4-6(2)5-8(3)7;1-2/h6H,4-5H2,1-3H3;1-2H3. The summed E-state index contributed by atoms with van der Waals surface area (Å²) < 4.78 is 0. The van der Waals surface area contributed by atoms with Gasteiger partial charge in [-0.15, -0.1) is 0 Å². The molecule has 60 valence electrons. The van der Waals surface area contributed by atoms with Crippen molar-refractivity contribution in [3.05, 3.63) is 0 Å². The maximum Gasteiger partial charge on any atom is 0.182 e. The highest BCUT2D eigenvalue weighted by Crippen LogP contribution is 1.99. The molecule has 0 aliphatic heterocycles. The molecule has 0 saturated heterocycles. The molecule has 1 nitrogen and oxygen atoms in total. The highest BCUT2D eigenvalue weighted by atomic mass is 15.0. The van der Waals surface area contributed by atoms with E-state index in [1.54, 1.807) is 4.81 Å². The largest absolute Gasteiger partial charge is 0.356 e. The Labute approximate surface area is 67.2 Å². The number of hydrogen-bond acceptors (Lipinski definition) is 1. The first-order valence-electron chi connectivity index (χ1n) is 4.12. The Bertz CT molecular complexity index is 55.2. The van der Waals surface area contributed by atoms with Crippen LogP contribution in [0, 0.1) is 5.92 Å². The molecule has 0 N–H and O–H groups in total. The summed E-state index contributed by atoms with van der Waals surface area (Å²) in [6.45, 7) is 9.37. The third-order valence-corrected chi connectivity index (χ3v) is 1.30. The zero-order valence-corrected chi connectivity index (χ0v) is 8.02. The highest BCUT2D eigenvalue weighted by Gasteiger charge is 1.97. The molecule has 0 spiro atoms. The van der Waals surface area contributed by atoms with Gasteiger partial charge >= 0.3 is 0 Å². The minimum Gasteiger partial charge on any atom is -0.356 e. The first-order valence-corrected chi connectivity index (χ1v) is 4.12. The van der Waals surface area contributed by atoms with E-state index in [9.17, 15) is 0 Å². The second-order valence-corrected chi connectivity index (χ2v) is 2.45. The van der Waals surface area contributed by atoms with Gasteiger partial charge in [-0.25, -0.2) is 0 Å². The molecule has 2 radical (unpaired) electrons.